The third kappa shape index (κ3) is 10.3. The summed E-state index contributed by atoms with van der Waals surface area (Å²) in [5.41, 5.74) is 5.86. The second-order valence-electron chi connectivity index (χ2n) is 17.4. The van der Waals surface area contributed by atoms with Gasteiger partial charge in [-0.2, -0.15) is 4.98 Å². The Morgan fingerprint density at radius 3 is 2.49 bits per heavy atom. The summed E-state index contributed by atoms with van der Waals surface area (Å²) in [6, 6.07) is 15.2. The van der Waals surface area contributed by atoms with Gasteiger partial charge < -0.3 is 34.5 Å². The Morgan fingerprint density at radius 1 is 0.925 bits per heavy atom. The standard InChI is InChI=1S/C48H53BrN11O6P/c1-65-41-28-33(9-10-37(41)54-48-52-29-36(49)45(56-48)53-39-12-11-38-43(51-18-17-50-38)44(39)67(2,3)64)58-19-15-32(16-20-58)59-23-21-57(22-24-59)25-27-66-26-5-7-31-6-4-8-34-35(31)30-60(47(34)63)40-13-14-42(61)55-46(40)62/h4,6,8-12,17-18,28-29,32,40H,13-16,19-27,30H2,1-3H3,(H,55,61,62)(H2,52,53,54,56). The Balaban J connectivity index is 0.722. The monoisotopic (exact) mass is 989 g/mol. The molecule has 0 spiro atoms. The first-order chi connectivity index (χ1) is 32.4. The highest BCUT2D eigenvalue weighted by Crippen LogP contribution is 2.42. The van der Waals surface area contributed by atoms with Gasteiger partial charge in [-0.25, -0.2) is 4.98 Å². The maximum Gasteiger partial charge on any atom is 0.255 e. The lowest BCUT2D eigenvalue weighted by Crippen LogP contribution is -2.53. The van der Waals surface area contributed by atoms with E-state index < -0.39 is 19.1 Å². The van der Waals surface area contributed by atoms with E-state index in [-0.39, 0.29) is 24.8 Å². The summed E-state index contributed by atoms with van der Waals surface area (Å²) in [6.07, 6.45) is 7.60. The molecule has 67 heavy (non-hydrogen) atoms. The zero-order chi connectivity index (χ0) is 46.7. The number of hydrogen-bond acceptors (Lipinski definition) is 15. The van der Waals surface area contributed by atoms with Crippen molar-refractivity contribution in [2.45, 2.75) is 44.3 Å². The first kappa shape index (κ1) is 46.2. The van der Waals surface area contributed by atoms with Gasteiger partial charge >= 0.3 is 0 Å². The number of benzene rings is 3. The van der Waals surface area contributed by atoms with Crippen LogP contribution in [0.3, 0.4) is 0 Å². The van der Waals surface area contributed by atoms with Crippen molar-refractivity contribution < 1.29 is 28.4 Å². The molecule has 1 atom stereocenters. The van der Waals surface area contributed by atoms with Gasteiger partial charge in [0.05, 0.1) is 40.4 Å². The number of methoxy groups -OCH3 is 1. The van der Waals surface area contributed by atoms with E-state index in [1.807, 2.05) is 30.3 Å². The van der Waals surface area contributed by atoms with Crippen molar-refractivity contribution in [2.75, 3.05) is 95.0 Å². The zero-order valence-electron chi connectivity index (χ0n) is 37.8. The lowest BCUT2D eigenvalue weighted by molar-refractivity contribution is -0.136. The van der Waals surface area contributed by atoms with Gasteiger partial charge in [-0.15, -0.1) is 0 Å². The number of anilines is 5. The maximum atomic E-state index is 13.5. The number of nitrogens with one attached hydrogen (secondary N) is 3. The van der Waals surface area contributed by atoms with Crippen molar-refractivity contribution in [1.29, 1.82) is 0 Å². The number of nitrogens with zero attached hydrogens (tertiary/aromatic N) is 8. The van der Waals surface area contributed by atoms with Crippen LogP contribution in [0.25, 0.3) is 11.0 Å². The van der Waals surface area contributed by atoms with Gasteiger partial charge in [-0.05, 0) is 90.5 Å². The Morgan fingerprint density at radius 2 is 1.72 bits per heavy atom. The second-order valence-corrected chi connectivity index (χ2v) is 21.4. The van der Waals surface area contributed by atoms with Crippen LogP contribution in [0.15, 0.2) is 71.6 Å². The minimum absolute atomic E-state index is 0.204. The number of hydrogen-bond donors (Lipinski definition) is 3. The maximum absolute atomic E-state index is 13.5. The summed E-state index contributed by atoms with van der Waals surface area (Å²) in [4.78, 5) is 64.4. The molecule has 2 aromatic heterocycles. The van der Waals surface area contributed by atoms with E-state index >= 15 is 0 Å². The second kappa shape index (κ2) is 20.1. The molecule has 5 aromatic rings. The molecule has 0 bridgehead atoms. The molecule has 9 rings (SSSR count). The molecule has 0 saturated carbocycles. The lowest BCUT2D eigenvalue weighted by Gasteiger charge is -2.43. The highest BCUT2D eigenvalue weighted by atomic mass is 79.9. The summed E-state index contributed by atoms with van der Waals surface area (Å²) in [6.45, 7) is 11.4. The fraction of sp³-hybridized carbons (Fsp3) is 0.396. The molecule has 1 unspecified atom stereocenters. The number of imide groups is 1. The molecule has 19 heteroatoms. The molecule has 3 amide bonds. The molecular formula is C48H53BrN11O6P. The Kier molecular flexibility index (Phi) is 13.8. The molecule has 6 heterocycles. The van der Waals surface area contributed by atoms with E-state index in [1.54, 1.807) is 50.0 Å². The third-order valence-electron chi connectivity index (χ3n) is 12.9. The SMILES string of the molecule is COc1cc(N2CCC(N3CCN(CCOCC#Cc4cccc5c4CN(C4CCC(=O)NC4=O)C5=O)CC3)CC2)ccc1Nc1ncc(Br)c(Nc2ccc3nccnc3c2P(C)(C)=O)n1. The van der Waals surface area contributed by atoms with Gasteiger partial charge in [-0.3, -0.25) is 39.5 Å². The lowest BCUT2D eigenvalue weighted by atomic mass is 10.0. The molecule has 3 aromatic carbocycles. The predicted octanol–water partition coefficient (Wildman–Crippen LogP) is 5.34. The first-order valence-electron chi connectivity index (χ1n) is 22.5. The van der Waals surface area contributed by atoms with Crippen LogP contribution in [0, 0.1) is 11.8 Å². The number of piperazine rings is 1. The quantitative estimate of drug-likeness (QED) is 0.0594. The predicted molar refractivity (Wildman–Crippen MR) is 261 cm³/mol. The van der Waals surface area contributed by atoms with E-state index in [0.717, 1.165) is 81.2 Å². The highest BCUT2D eigenvalue weighted by Gasteiger charge is 2.40. The van der Waals surface area contributed by atoms with Crippen LogP contribution in [-0.2, 0) is 25.4 Å². The minimum atomic E-state index is -2.77. The fourth-order valence-electron chi connectivity index (χ4n) is 9.40. The summed E-state index contributed by atoms with van der Waals surface area (Å²) in [5, 5.41) is 9.65. The fourth-order valence-corrected chi connectivity index (χ4v) is 11.1. The number of fused-ring (bicyclic) bond motifs is 2. The van der Waals surface area contributed by atoms with Crippen LogP contribution in [0.4, 0.5) is 28.8 Å². The molecule has 3 fully saturated rings. The van der Waals surface area contributed by atoms with Crippen LogP contribution >= 0.6 is 23.1 Å². The van der Waals surface area contributed by atoms with Crippen LogP contribution in [0.2, 0.25) is 0 Å². The number of amides is 3. The van der Waals surface area contributed by atoms with E-state index in [4.69, 9.17) is 14.5 Å². The molecule has 0 radical (unpaired) electrons. The summed E-state index contributed by atoms with van der Waals surface area (Å²) in [5.74, 6) is 6.90. The molecule has 348 valence electrons. The number of carbonyl (C=O) groups excluding carboxylic acids is 3. The van der Waals surface area contributed by atoms with E-state index in [1.165, 1.54) is 0 Å². The van der Waals surface area contributed by atoms with E-state index in [9.17, 15) is 18.9 Å². The van der Waals surface area contributed by atoms with Gasteiger partial charge in [0.1, 0.15) is 36.9 Å². The number of aromatic nitrogens is 4. The zero-order valence-corrected chi connectivity index (χ0v) is 40.2. The average Bonchev–Trinajstić information content (AvgIpc) is 3.67. The highest BCUT2D eigenvalue weighted by molar-refractivity contribution is 9.10. The average molecular weight is 991 g/mol. The molecule has 4 aliphatic heterocycles. The number of halogens is 1. The van der Waals surface area contributed by atoms with Crippen molar-refractivity contribution in [3.05, 3.63) is 88.3 Å². The van der Waals surface area contributed by atoms with Crippen molar-refractivity contribution in [3.63, 3.8) is 0 Å². The van der Waals surface area contributed by atoms with Gasteiger partial charge in [0.15, 0.2) is 0 Å². The van der Waals surface area contributed by atoms with Crippen molar-refractivity contribution in [1.82, 2.24) is 40.0 Å². The van der Waals surface area contributed by atoms with Crippen LogP contribution in [0.5, 0.6) is 5.75 Å². The molecular weight excluding hydrogens is 937 g/mol. The van der Waals surface area contributed by atoms with Gasteiger partial charge in [0.25, 0.3) is 5.91 Å². The summed E-state index contributed by atoms with van der Waals surface area (Å²) < 4.78 is 25.9. The summed E-state index contributed by atoms with van der Waals surface area (Å²) >= 11 is 3.58. The van der Waals surface area contributed by atoms with E-state index in [0.29, 0.717) is 75.2 Å². The Labute approximate surface area is 397 Å². The van der Waals surface area contributed by atoms with Crippen LogP contribution in [0.1, 0.15) is 47.2 Å². The van der Waals surface area contributed by atoms with Gasteiger partial charge in [0.2, 0.25) is 17.8 Å². The summed E-state index contributed by atoms with van der Waals surface area (Å²) in [7, 11) is -1.11. The molecule has 17 nitrogen and oxygen atoms in total. The smallest absolute Gasteiger partial charge is 0.255 e. The van der Waals surface area contributed by atoms with E-state index in [2.05, 4.69) is 85.5 Å². The van der Waals surface area contributed by atoms with Crippen LogP contribution in [-0.4, -0.2) is 144 Å². The van der Waals surface area contributed by atoms with Crippen LogP contribution < -0.4 is 30.9 Å². The number of rotatable bonds is 13. The normalized spacial score (nSPS) is 18.4. The van der Waals surface area contributed by atoms with Crippen molar-refractivity contribution >= 4 is 86.0 Å². The molecule has 0 aliphatic carbocycles. The number of piperidine rings is 2. The number of ether oxygens (including phenoxy) is 2. The topological polar surface area (TPSA) is 187 Å². The van der Waals surface area contributed by atoms with Crippen molar-refractivity contribution in [3.8, 4) is 17.6 Å². The minimum Gasteiger partial charge on any atom is -0.494 e. The number of carbonyl (C=O) groups is 3. The van der Waals surface area contributed by atoms with Gasteiger partial charge in [-0.1, -0.05) is 17.9 Å². The molecule has 4 aliphatic rings. The molecule has 3 N–H and O–H groups in total. The molecule has 3 saturated heterocycles. The third-order valence-corrected chi connectivity index (χ3v) is 15.0. The largest absolute Gasteiger partial charge is 0.494 e. The van der Waals surface area contributed by atoms with Crippen molar-refractivity contribution in [2.24, 2.45) is 0 Å². The Bertz CT molecular complexity index is 2820. The first-order valence-corrected chi connectivity index (χ1v) is 25.9. The Hall–Kier alpha value is -5.96. The van der Waals surface area contributed by atoms with Gasteiger partial charge in [0, 0.05) is 106 Å².